The molecule has 15 heavy (non-hydrogen) atoms. The van der Waals surface area contributed by atoms with Crippen LogP contribution in [0.1, 0.15) is 24.5 Å². The number of aryl methyl sites for hydroxylation is 1. The van der Waals surface area contributed by atoms with Crippen molar-refractivity contribution in [1.82, 2.24) is 5.32 Å². The summed E-state index contributed by atoms with van der Waals surface area (Å²) < 4.78 is 1.16. The molecule has 0 fully saturated rings. The molecule has 1 aromatic carbocycles. The van der Waals surface area contributed by atoms with E-state index in [9.17, 15) is 0 Å². The van der Waals surface area contributed by atoms with E-state index < -0.39 is 0 Å². The Morgan fingerprint density at radius 3 is 2.87 bits per heavy atom. The molecule has 0 saturated heterocycles. The Kier molecular flexibility index (Phi) is 4.87. The molecule has 1 atom stereocenters. The van der Waals surface area contributed by atoms with Gasteiger partial charge in [0.15, 0.2) is 0 Å². The average molecular weight is 266 g/mol. The van der Waals surface area contributed by atoms with Crippen LogP contribution < -0.4 is 5.32 Å². The standard InChI is InChI=1S/C13H16BrN/c1-4-5-11(3)15-9-12-6-7-13(14)10(2)8-12/h1,6-8,11,15H,5,9H2,2-3H3. The second-order valence-electron chi connectivity index (χ2n) is 3.77. The topological polar surface area (TPSA) is 12.0 Å². The second kappa shape index (κ2) is 5.95. The van der Waals surface area contributed by atoms with E-state index in [-0.39, 0.29) is 0 Å². The molecule has 0 amide bonds. The zero-order chi connectivity index (χ0) is 11.3. The number of nitrogens with one attached hydrogen (secondary N) is 1. The van der Waals surface area contributed by atoms with E-state index in [0.29, 0.717) is 6.04 Å². The number of halogens is 1. The summed E-state index contributed by atoms with van der Waals surface area (Å²) in [5.74, 6) is 2.65. The van der Waals surface area contributed by atoms with Crippen LogP contribution in [-0.2, 0) is 6.54 Å². The van der Waals surface area contributed by atoms with E-state index in [4.69, 9.17) is 6.42 Å². The Bertz CT molecular complexity index is 365. The van der Waals surface area contributed by atoms with Crippen LogP contribution in [0.2, 0.25) is 0 Å². The van der Waals surface area contributed by atoms with Gasteiger partial charge in [-0.05, 0) is 31.0 Å². The maximum absolute atomic E-state index is 5.25. The molecule has 1 nitrogen and oxygen atoms in total. The predicted octanol–water partition coefficient (Wildman–Crippen LogP) is 3.26. The maximum atomic E-state index is 5.25. The molecule has 1 unspecified atom stereocenters. The Labute approximate surface area is 100 Å². The van der Waals surface area contributed by atoms with Gasteiger partial charge in [0.25, 0.3) is 0 Å². The van der Waals surface area contributed by atoms with Crippen LogP contribution in [0.4, 0.5) is 0 Å². The van der Waals surface area contributed by atoms with Crippen molar-refractivity contribution in [1.29, 1.82) is 0 Å². The molecule has 0 aliphatic heterocycles. The molecule has 0 radical (unpaired) electrons. The molecule has 1 aromatic rings. The van der Waals surface area contributed by atoms with Crippen LogP contribution in [0.5, 0.6) is 0 Å². The number of hydrogen-bond donors (Lipinski definition) is 1. The van der Waals surface area contributed by atoms with Gasteiger partial charge in [-0.2, -0.15) is 0 Å². The maximum Gasteiger partial charge on any atom is 0.0238 e. The summed E-state index contributed by atoms with van der Waals surface area (Å²) in [5, 5.41) is 3.39. The van der Waals surface area contributed by atoms with Crippen molar-refractivity contribution >= 4 is 15.9 Å². The van der Waals surface area contributed by atoms with E-state index in [0.717, 1.165) is 17.4 Å². The van der Waals surface area contributed by atoms with Gasteiger partial charge in [-0.25, -0.2) is 0 Å². The van der Waals surface area contributed by atoms with Crippen LogP contribution in [0, 0.1) is 19.3 Å². The fraction of sp³-hybridized carbons (Fsp3) is 0.385. The first-order chi connectivity index (χ1) is 7.13. The van der Waals surface area contributed by atoms with Gasteiger partial charge in [0.05, 0.1) is 0 Å². The third-order valence-corrected chi connectivity index (χ3v) is 3.19. The number of benzene rings is 1. The Balaban J connectivity index is 2.51. The number of hydrogen-bond acceptors (Lipinski definition) is 1. The van der Waals surface area contributed by atoms with Crippen molar-refractivity contribution in [3.63, 3.8) is 0 Å². The van der Waals surface area contributed by atoms with Crippen molar-refractivity contribution in [2.24, 2.45) is 0 Å². The van der Waals surface area contributed by atoms with E-state index >= 15 is 0 Å². The molecular formula is C13H16BrN. The highest BCUT2D eigenvalue weighted by Crippen LogP contribution is 2.16. The van der Waals surface area contributed by atoms with Crippen LogP contribution in [0.3, 0.4) is 0 Å². The van der Waals surface area contributed by atoms with Crippen LogP contribution in [0.25, 0.3) is 0 Å². The highest BCUT2D eigenvalue weighted by Gasteiger charge is 2.00. The van der Waals surface area contributed by atoms with Gasteiger partial charge < -0.3 is 5.32 Å². The highest BCUT2D eigenvalue weighted by atomic mass is 79.9. The van der Waals surface area contributed by atoms with Gasteiger partial charge in [0, 0.05) is 23.5 Å². The van der Waals surface area contributed by atoms with Gasteiger partial charge in [0.1, 0.15) is 0 Å². The quantitative estimate of drug-likeness (QED) is 0.825. The minimum absolute atomic E-state index is 0.374. The monoisotopic (exact) mass is 265 g/mol. The van der Waals surface area contributed by atoms with Gasteiger partial charge >= 0.3 is 0 Å². The van der Waals surface area contributed by atoms with E-state index in [1.54, 1.807) is 0 Å². The fourth-order valence-electron chi connectivity index (χ4n) is 1.36. The minimum Gasteiger partial charge on any atom is -0.309 e. The average Bonchev–Trinajstić information content (AvgIpc) is 2.20. The molecule has 0 aliphatic rings. The zero-order valence-electron chi connectivity index (χ0n) is 9.18. The predicted molar refractivity (Wildman–Crippen MR) is 68.6 cm³/mol. The molecule has 0 aromatic heterocycles. The Hall–Kier alpha value is -0.780. The summed E-state index contributed by atoms with van der Waals surface area (Å²) in [4.78, 5) is 0. The van der Waals surface area contributed by atoms with E-state index in [1.165, 1.54) is 11.1 Å². The first kappa shape index (κ1) is 12.3. The third-order valence-electron chi connectivity index (χ3n) is 2.30. The Morgan fingerprint density at radius 2 is 2.27 bits per heavy atom. The third kappa shape index (κ3) is 4.07. The normalized spacial score (nSPS) is 12.1. The van der Waals surface area contributed by atoms with Gasteiger partial charge in [0.2, 0.25) is 0 Å². The van der Waals surface area contributed by atoms with E-state index in [2.05, 4.69) is 59.2 Å². The summed E-state index contributed by atoms with van der Waals surface area (Å²) in [6, 6.07) is 6.75. The summed E-state index contributed by atoms with van der Waals surface area (Å²) >= 11 is 3.49. The minimum atomic E-state index is 0.374. The molecule has 0 aliphatic carbocycles. The lowest BCUT2D eigenvalue weighted by molar-refractivity contribution is 0.559. The van der Waals surface area contributed by atoms with Gasteiger partial charge in [-0.15, -0.1) is 12.3 Å². The van der Waals surface area contributed by atoms with Gasteiger partial charge in [-0.3, -0.25) is 0 Å². The fourth-order valence-corrected chi connectivity index (χ4v) is 1.60. The molecule has 1 N–H and O–H groups in total. The first-order valence-electron chi connectivity index (χ1n) is 5.05. The molecular weight excluding hydrogens is 250 g/mol. The number of rotatable bonds is 4. The summed E-state index contributed by atoms with van der Waals surface area (Å²) in [6.45, 7) is 5.07. The lowest BCUT2D eigenvalue weighted by Crippen LogP contribution is -2.24. The van der Waals surface area contributed by atoms with Crippen LogP contribution in [-0.4, -0.2) is 6.04 Å². The largest absolute Gasteiger partial charge is 0.309 e. The van der Waals surface area contributed by atoms with Crippen molar-refractivity contribution in [3.05, 3.63) is 33.8 Å². The van der Waals surface area contributed by atoms with Crippen molar-refractivity contribution in [2.75, 3.05) is 0 Å². The molecule has 0 bridgehead atoms. The van der Waals surface area contributed by atoms with Crippen molar-refractivity contribution in [2.45, 2.75) is 32.9 Å². The summed E-state index contributed by atoms with van der Waals surface area (Å²) in [5.41, 5.74) is 2.55. The Morgan fingerprint density at radius 1 is 1.53 bits per heavy atom. The highest BCUT2D eigenvalue weighted by molar-refractivity contribution is 9.10. The van der Waals surface area contributed by atoms with Crippen LogP contribution >= 0.6 is 15.9 Å². The smallest absolute Gasteiger partial charge is 0.0238 e. The summed E-state index contributed by atoms with van der Waals surface area (Å²) in [7, 11) is 0. The lowest BCUT2D eigenvalue weighted by Gasteiger charge is -2.11. The molecule has 0 heterocycles. The van der Waals surface area contributed by atoms with Crippen LogP contribution in [0.15, 0.2) is 22.7 Å². The van der Waals surface area contributed by atoms with Crippen molar-refractivity contribution < 1.29 is 0 Å². The van der Waals surface area contributed by atoms with Crippen molar-refractivity contribution in [3.8, 4) is 12.3 Å². The van der Waals surface area contributed by atoms with Gasteiger partial charge in [-0.1, -0.05) is 28.1 Å². The SMILES string of the molecule is C#CCC(C)NCc1ccc(Br)c(C)c1. The number of terminal acetylenes is 1. The zero-order valence-corrected chi connectivity index (χ0v) is 10.8. The first-order valence-corrected chi connectivity index (χ1v) is 5.84. The lowest BCUT2D eigenvalue weighted by atomic mass is 10.1. The van der Waals surface area contributed by atoms with E-state index in [1.807, 2.05) is 0 Å². The molecule has 0 saturated carbocycles. The molecule has 0 spiro atoms. The molecule has 80 valence electrons. The molecule has 1 rings (SSSR count). The second-order valence-corrected chi connectivity index (χ2v) is 4.63. The summed E-state index contributed by atoms with van der Waals surface area (Å²) in [6.07, 6.45) is 6.02. The molecule has 2 heteroatoms.